The lowest BCUT2D eigenvalue weighted by Gasteiger charge is -2.38. The summed E-state index contributed by atoms with van der Waals surface area (Å²) < 4.78 is 11.5. The first-order valence-electron chi connectivity index (χ1n) is 8.95. The second kappa shape index (κ2) is 7.49. The molecule has 0 atom stereocenters. The Balaban J connectivity index is 1.56. The maximum absolute atomic E-state index is 12.1. The monoisotopic (exact) mass is 333 g/mol. The minimum absolute atomic E-state index is 0.0516. The smallest absolute Gasteiger partial charge is 0.228 e. The predicted molar refractivity (Wildman–Crippen MR) is 93.0 cm³/mol. The number of pyridine rings is 1. The molecule has 2 saturated heterocycles. The van der Waals surface area contributed by atoms with Gasteiger partial charge in [-0.1, -0.05) is 13.8 Å². The van der Waals surface area contributed by atoms with Crippen LogP contribution < -0.4 is 10.2 Å². The first-order chi connectivity index (χ1) is 11.7. The lowest BCUT2D eigenvalue weighted by Crippen LogP contribution is -2.45. The molecule has 0 saturated carbocycles. The van der Waals surface area contributed by atoms with Crippen LogP contribution in [0.2, 0.25) is 0 Å². The summed E-state index contributed by atoms with van der Waals surface area (Å²) in [7, 11) is 0. The zero-order chi connectivity index (χ0) is 17.0. The van der Waals surface area contributed by atoms with Crippen molar-refractivity contribution in [1.29, 1.82) is 0 Å². The molecule has 2 aliphatic heterocycles. The van der Waals surface area contributed by atoms with Gasteiger partial charge in [0, 0.05) is 31.8 Å². The van der Waals surface area contributed by atoms with Crippen molar-refractivity contribution >= 4 is 17.4 Å². The Hall–Kier alpha value is -1.66. The fourth-order valence-corrected chi connectivity index (χ4v) is 3.43. The van der Waals surface area contributed by atoms with Gasteiger partial charge in [0.25, 0.3) is 0 Å². The van der Waals surface area contributed by atoms with Gasteiger partial charge in [0.05, 0.1) is 25.1 Å². The summed E-state index contributed by atoms with van der Waals surface area (Å²) >= 11 is 0. The lowest BCUT2D eigenvalue weighted by molar-refractivity contribution is -0.169. The van der Waals surface area contributed by atoms with Crippen LogP contribution in [0.1, 0.15) is 39.5 Å². The van der Waals surface area contributed by atoms with E-state index in [4.69, 9.17) is 9.47 Å². The predicted octanol–water partition coefficient (Wildman–Crippen LogP) is 2.80. The van der Waals surface area contributed by atoms with Gasteiger partial charge < -0.3 is 19.7 Å². The zero-order valence-electron chi connectivity index (χ0n) is 14.6. The highest BCUT2D eigenvalue weighted by atomic mass is 16.7. The normalized spacial score (nSPS) is 19.9. The molecule has 2 aliphatic rings. The summed E-state index contributed by atoms with van der Waals surface area (Å²) in [5.74, 6) is 0.367. The van der Waals surface area contributed by atoms with Gasteiger partial charge >= 0.3 is 0 Å². The first kappa shape index (κ1) is 17.2. The number of hydrogen-bond acceptors (Lipinski definition) is 5. The van der Waals surface area contributed by atoms with Crippen LogP contribution in [0, 0.1) is 5.92 Å². The molecule has 6 nitrogen and oxygen atoms in total. The molecule has 2 fully saturated rings. The van der Waals surface area contributed by atoms with E-state index in [0.29, 0.717) is 19.0 Å². The third-order valence-electron chi connectivity index (χ3n) is 5.06. The van der Waals surface area contributed by atoms with Gasteiger partial charge in [-0.25, -0.2) is 4.98 Å². The maximum atomic E-state index is 12.1. The minimum atomic E-state index is -0.354. The second-order valence-corrected chi connectivity index (χ2v) is 6.50. The third kappa shape index (κ3) is 3.70. The number of piperidine rings is 1. The molecule has 132 valence electrons. The van der Waals surface area contributed by atoms with E-state index in [1.165, 1.54) is 0 Å². The Labute approximate surface area is 143 Å². The van der Waals surface area contributed by atoms with Gasteiger partial charge in [-0.15, -0.1) is 0 Å². The molecule has 0 bridgehead atoms. The first-order valence-corrected chi connectivity index (χ1v) is 8.95. The summed E-state index contributed by atoms with van der Waals surface area (Å²) in [5.41, 5.74) is 1.07. The molecule has 24 heavy (non-hydrogen) atoms. The van der Waals surface area contributed by atoms with Gasteiger partial charge in [0.2, 0.25) is 5.91 Å². The fraction of sp³-hybridized carbons (Fsp3) is 0.667. The molecule has 3 heterocycles. The zero-order valence-corrected chi connectivity index (χ0v) is 14.6. The molecule has 1 N–H and O–H groups in total. The number of hydrogen-bond donors (Lipinski definition) is 1. The molecule has 3 rings (SSSR count). The minimum Gasteiger partial charge on any atom is -0.370 e. The van der Waals surface area contributed by atoms with Gasteiger partial charge in [-0.2, -0.15) is 0 Å². The molecule has 1 spiro atoms. The van der Waals surface area contributed by atoms with Crippen LogP contribution in [0.3, 0.4) is 0 Å². The summed E-state index contributed by atoms with van der Waals surface area (Å²) in [4.78, 5) is 18.8. The fourth-order valence-electron chi connectivity index (χ4n) is 3.43. The van der Waals surface area contributed by atoms with E-state index >= 15 is 0 Å². The molecular weight excluding hydrogens is 306 g/mol. The lowest BCUT2D eigenvalue weighted by atomic mass is 10.0. The van der Waals surface area contributed by atoms with Crippen molar-refractivity contribution < 1.29 is 14.3 Å². The molecule has 0 aliphatic carbocycles. The van der Waals surface area contributed by atoms with Crippen LogP contribution in [0.5, 0.6) is 0 Å². The van der Waals surface area contributed by atoms with Crippen molar-refractivity contribution in [1.82, 2.24) is 4.98 Å². The van der Waals surface area contributed by atoms with Crippen LogP contribution in [0.15, 0.2) is 18.3 Å². The van der Waals surface area contributed by atoms with Crippen molar-refractivity contribution in [3.05, 3.63) is 18.3 Å². The Kier molecular flexibility index (Phi) is 5.36. The Bertz CT molecular complexity index is 541. The highest BCUT2D eigenvalue weighted by Gasteiger charge is 2.39. The quantitative estimate of drug-likeness (QED) is 0.898. The molecule has 0 aromatic carbocycles. The summed E-state index contributed by atoms with van der Waals surface area (Å²) in [6.45, 7) is 7.25. The molecule has 6 heteroatoms. The maximum Gasteiger partial charge on any atom is 0.228 e. The number of aromatic nitrogens is 1. The van der Waals surface area contributed by atoms with Gasteiger partial charge in [0.15, 0.2) is 5.79 Å². The standard InChI is InChI=1S/C18H27N3O3/c1-3-14(4-2)17(22)20-16-6-5-15(13-19-16)21-9-7-18(8-10-21)23-11-12-24-18/h5-6,13-14H,3-4,7-12H2,1-2H3,(H,19,20,22). The highest BCUT2D eigenvalue weighted by Crippen LogP contribution is 2.33. The van der Waals surface area contributed by atoms with E-state index in [1.807, 2.05) is 32.2 Å². The molecule has 0 unspecified atom stereocenters. The van der Waals surface area contributed by atoms with Crippen molar-refractivity contribution in [2.24, 2.45) is 5.92 Å². The van der Waals surface area contributed by atoms with Crippen LogP contribution in [0.4, 0.5) is 11.5 Å². The Morgan fingerprint density at radius 3 is 2.46 bits per heavy atom. The number of ether oxygens (including phenoxy) is 2. The van der Waals surface area contributed by atoms with Crippen LogP contribution in [-0.2, 0) is 14.3 Å². The largest absolute Gasteiger partial charge is 0.370 e. The summed E-state index contributed by atoms with van der Waals surface area (Å²) in [6, 6.07) is 3.90. The number of carbonyl (C=O) groups is 1. The number of carbonyl (C=O) groups excluding carboxylic acids is 1. The van der Waals surface area contributed by atoms with Gasteiger partial charge in [-0.3, -0.25) is 4.79 Å². The second-order valence-electron chi connectivity index (χ2n) is 6.50. The number of nitrogens with one attached hydrogen (secondary N) is 1. The highest BCUT2D eigenvalue weighted by molar-refractivity contribution is 5.91. The average molecular weight is 333 g/mol. The van der Waals surface area contributed by atoms with Crippen LogP contribution >= 0.6 is 0 Å². The van der Waals surface area contributed by atoms with Crippen molar-refractivity contribution in [2.75, 3.05) is 36.5 Å². The van der Waals surface area contributed by atoms with E-state index < -0.39 is 0 Å². The topological polar surface area (TPSA) is 63.7 Å². The van der Waals surface area contributed by atoms with Crippen molar-refractivity contribution in [3.8, 4) is 0 Å². The third-order valence-corrected chi connectivity index (χ3v) is 5.06. The van der Waals surface area contributed by atoms with E-state index in [9.17, 15) is 4.79 Å². The van der Waals surface area contributed by atoms with Crippen LogP contribution in [-0.4, -0.2) is 43.0 Å². The SMILES string of the molecule is CCC(CC)C(=O)Nc1ccc(N2CCC3(CC2)OCCO3)cn1. The molecular formula is C18H27N3O3. The Morgan fingerprint density at radius 2 is 1.92 bits per heavy atom. The number of amides is 1. The Morgan fingerprint density at radius 1 is 1.25 bits per heavy atom. The van der Waals surface area contributed by atoms with Crippen molar-refractivity contribution in [3.63, 3.8) is 0 Å². The van der Waals surface area contributed by atoms with Crippen molar-refractivity contribution in [2.45, 2.75) is 45.3 Å². The van der Waals surface area contributed by atoms with E-state index in [-0.39, 0.29) is 17.6 Å². The van der Waals surface area contributed by atoms with E-state index in [1.54, 1.807) is 0 Å². The van der Waals surface area contributed by atoms with Gasteiger partial charge in [0.1, 0.15) is 5.82 Å². The van der Waals surface area contributed by atoms with E-state index in [2.05, 4.69) is 15.2 Å². The average Bonchev–Trinajstić information content (AvgIpc) is 3.06. The summed E-state index contributed by atoms with van der Waals surface area (Å²) in [5, 5.41) is 2.91. The number of anilines is 2. The summed E-state index contributed by atoms with van der Waals surface area (Å²) in [6.07, 6.45) is 5.28. The van der Waals surface area contributed by atoms with Crippen LogP contribution in [0.25, 0.3) is 0 Å². The van der Waals surface area contributed by atoms with E-state index in [0.717, 1.165) is 44.5 Å². The molecule has 1 amide bonds. The molecule has 1 aromatic heterocycles. The van der Waals surface area contributed by atoms with Gasteiger partial charge in [-0.05, 0) is 25.0 Å². The number of rotatable bonds is 5. The molecule has 1 aromatic rings. The molecule has 0 radical (unpaired) electrons. The number of nitrogens with zero attached hydrogens (tertiary/aromatic N) is 2.